The standard InChI is InChI=1S/C12H14O2/c1-3-7-10(2)12(13)14-11-8-5-4-6-9-11/h3-6,8-10H,1,7H2,2H3. The number of rotatable bonds is 4. The molecule has 2 heteroatoms. The van der Waals surface area contributed by atoms with Crippen LogP contribution >= 0.6 is 0 Å². The van der Waals surface area contributed by atoms with Crippen molar-refractivity contribution in [3.8, 4) is 5.75 Å². The number of para-hydroxylation sites is 1. The van der Waals surface area contributed by atoms with E-state index in [1.54, 1.807) is 18.2 Å². The fraction of sp³-hybridized carbons (Fsp3) is 0.250. The molecule has 14 heavy (non-hydrogen) atoms. The maximum atomic E-state index is 11.4. The minimum Gasteiger partial charge on any atom is -0.426 e. The monoisotopic (exact) mass is 190 g/mol. The van der Waals surface area contributed by atoms with E-state index in [-0.39, 0.29) is 11.9 Å². The van der Waals surface area contributed by atoms with E-state index >= 15 is 0 Å². The number of esters is 1. The number of carbonyl (C=O) groups excluding carboxylic acids is 1. The molecule has 2 nitrogen and oxygen atoms in total. The molecule has 0 aliphatic rings. The predicted octanol–water partition coefficient (Wildman–Crippen LogP) is 2.80. The molecule has 0 heterocycles. The van der Waals surface area contributed by atoms with E-state index in [0.717, 1.165) is 0 Å². The van der Waals surface area contributed by atoms with Crippen LogP contribution in [0.1, 0.15) is 13.3 Å². The van der Waals surface area contributed by atoms with Gasteiger partial charge in [0.05, 0.1) is 5.92 Å². The molecule has 1 rings (SSSR count). The Morgan fingerprint density at radius 2 is 2.14 bits per heavy atom. The summed E-state index contributed by atoms with van der Waals surface area (Å²) in [5.74, 6) is 0.247. The smallest absolute Gasteiger partial charge is 0.314 e. The summed E-state index contributed by atoms with van der Waals surface area (Å²) in [6.07, 6.45) is 2.36. The van der Waals surface area contributed by atoms with Crippen LogP contribution in [-0.4, -0.2) is 5.97 Å². The van der Waals surface area contributed by atoms with Crippen molar-refractivity contribution in [2.24, 2.45) is 5.92 Å². The number of benzene rings is 1. The largest absolute Gasteiger partial charge is 0.426 e. The molecule has 0 fully saturated rings. The molecule has 1 atom stereocenters. The van der Waals surface area contributed by atoms with E-state index in [1.165, 1.54) is 0 Å². The van der Waals surface area contributed by atoms with Gasteiger partial charge in [-0.3, -0.25) is 4.79 Å². The molecule has 0 N–H and O–H groups in total. The second-order valence-corrected chi connectivity index (χ2v) is 3.16. The summed E-state index contributed by atoms with van der Waals surface area (Å²) in [4.78, 5) is 11.4. The van der Waals surface area contributed by atoms with Crippen LogP contribution in [-0.2, 0) is 4.79 Å². The van der Waals surface area contributed by atoms with Crippen molar-refractivity contribution < 1.29 is 9.53 Å². The Labute approximate surface area is 84.2 Å². The summed E-state index contributed by atoms with van der Waals surface area (Å²) < 4.78 is 5.14. The Morgan fingerprint density at radius 3 is 2.71 bits per heavy atom. The molecule has 74 valence electrons. The molecule has 1 aromatic rings. The summed E-state index contributed by atoms with van der Waals surface area (Å²) in [5, 5.41) is 0. The molecular formula is C12H14O2. The molecule has 0 bridgehead atoms. The zero-order chi connectivity index (χ0) is 10.4. The lowest BCUT2D eigenvalue weighted by Gasteiger charge is -2.08. The quantitative estimate of drug-likeness (QED) is 0.414. The highest BCUT2D eigenvalue weighted by Gasteiger charge is 2.12. The second kappa shape index (κ2) is 5.22. The first-order valence-corrected chi connectivity index (χ1v) is 4.61. The van der Waals surface area contributed by atoms with Gasteiger partial charge in [-0.2, -0.15) is 0 Å². The highest BCUT2D eigenvalue weighted by Crippen LogP contribution is 2.12. The Hall–Kier alpha value is -1.57. The molecule has 0 spiro atoms. The number of allylic oxidation sites excluding steroid dienone is 1. The van der Waals surface area contributed by atoms with E-state index < -0.39 is 0 Å². The highest BCUT2D eigenvalue weighted by atomic mass is 16.5. The Kier molecular flexibility index (Phi) is 3.92. The third-order valence-corrected chi connectivity index (χ3v) is 1.88. The molecule has 1 aromatic carbocycles. The lowest BCUT2D eigenvalue weighted by Crippen LogP contribution is -2.17. The summed E-state index contributed by atoms with van der Waals surface area (Å²) >= 11 is 0. The second-order valence-electron chi connectivity index (χ2n) is 3.16. The van der Waals surface area contributed by atoms with Crippen molar-refractivity contribution in [1.82, 2.24) is 0 Å². The zero-order valence-corrected chi connectivity index (χ0v) is 8.27. The van der Waals surface area contributed by atoms with Gasteiger partial charge in [-0.1, -0.05) is 31.2 Å². The molecule has 0 aliphatic heterocycles. The van der Waals surface area contributed by atoms with Gasteiger partial charge < -0.3 is 4.74 Å². The normalized spacial score (nSPS) is 11.8. The molecule has 1 unspecified atom stereocenters. The van der Waals surface area contributed by atoms with Crippen molar-refractivity contribution >= 4 is 5.97 Å². The predicted molar refractivity (Wildman–Crippen MR) is 56.1 cm³/mol. The van der Waals surface area contributed by atoms with Crippen LogP contribution in [0.25, 0.3) is 0 Å². The summed E-state index contributed by atoms with van der Waals surface area (Å²) in [7, 11) is 0. The van der Waals surface area contributed by atoms with Crippen LogP contribution in [0.4, 0.5) is 0 Å². The van der Waals surface area contributed by atoms with Crippen LogP contribution in [0, 0.1) is 5.92 Å². The number of carbonyl (C=O) groups is 1. The van der Waals surface area contributed by atoms with Gasteiger partial charge >= 0.3 is 5.97 Å². The van der Waals surface area contributed by atoms with Crippen molar-refractivity contribution in [2.45, 2.75) is 13.3 Å². The van der Waals surface area contributed by atoms with Gasteiger partial charge in [-0.15, -0.1) is 6.58 Å². The number of ether oxygens (including phenoxy) is 1. The van der Waals surface area contributed by atoms with Crippen molar-refractivity contribution in [3.63, 3.8) is 0 Å². The Bertz CT molecular complexity index is 303. The highest BCUT2D eigenvalue weighted by molar-refractivity contribution is 5.74. The lowest BCUT2D eigenvalue weighted by atomic mass is 10.1. The minimum absolute atomic E-state index is 0.132. The zero-order valence-electron chi connectivity index (χ0n) is 8.27. The first-order valence-electron chi connectivity index (χ1n) is 4.61. The first kappa shape index (κ1) is 10.5. The fourth-order valence-corrected chi connectivity index (χ4v) is 1.05. The third kappa shape index (κ3) is 3.05. The van der Waals surface area contributed by atoms with E-state index in [1.807, 2.05) is 25.1 Å². The maximum absolute atomic E-state index is 11.4. The molecular weight excluding hydrogens is 176 g/mol. The number of hydrogen-bond donors (Lipinski definition) is 0. The van der Waals surface area contributed by atoms with Gasteiger partial charge in [0.1, 0.15) is 5.75 Å². The Morgan fingerprint density at radius 1 is 1.50 bits per heavy atom. The van der Waals surface area contributed by atoms with Gasteiger partial charge in [-0.05, 0) is 18.6 Å². The average Bonchev–Trinajstić information content (AvgIpc) is 2.19. The van der Waals surface area contributed by atoms with Crippen molar-refractivity contribution in [2.75, 3.05) is 0 Å². The van der Waals surface area contributed by atoms with Crippen LogP contribution in [0.5, 0.6) is 5.75 Å². The maximum Gasteiger partial charge on any atom is 0.314 e. The molecule has 0 aromatic heterocycles. The van der Waals surface area contributed by atoms with Crippen molar-refractivity contribution in [1.29, 1.82) is 0 Å². The molecule has 0 amide bonds. The summed E-state index contributed by atoms with van der Waals surface area (Å²) in [6, 6.07) is 9.07. The van der Waals surface area contributed by atoms with E-state index in [9.17, 15) is 4.79 Å². The van der Waals surface area contributed by atoms with E-state index in [4.69, 9.17) is 4.74 Å². The van der Waals surface area contributed by atoms with E-state index in [2.05, 4.69) is 6.58 Å². The summed E-state index contributed by atoms with van der Waals surface area (Å²) in [6.45, 7) is 5.41. The first-order chi connectivity index (χ1) is 6.74. The van der Waals surface area contributed by atoms with Crippen LogP contribution < -0.4 is 4.74 Å². The van der Waals surface area contributed by atoms with Gasteiger partial charge in [0, 0.05) is 0 Å². The van der Waals surface area contributed by atoms with Crippen LogP contribution in [0.15, 0.2) is 43.0 Å². The van der Waals surface area contributed by atoms with Gasteiger partial charge in [0.15, 0.2) is 0 Å². The average molecular weight is 190 g/mol. The van der Waals surface area contributed by atoms with Crippen LogP contribution in [0.3, 0.4) is 0 Å². The van der Waals surface area contributed by atoms with Gasteiger partial charge in [0.2, 0.25) is 0 Å². The molecule has 0 saturated carbocycles. The van der Waals surface area contributed by atoms with Crippen LogP contribution in [0.2, 0.25) is 0 Å². The minimum atomic E-state index is -0.212. The molecule has 0 radical (unpaired) electrons. The van der Waals surface area contributed by atoms with E-state index in [0.29, 0.717) is 12.2 Å². The summed E-state index contributed by atoms with van der Waals surface area (Å²) in [5.41, 5.74) is 0. The topological polar surface area (TPSA) is 26.3 Å². The third-order valence-electron chi connectivity index (χ3n) is 1.88. The van der Waals surface area contributed by atoms with Crippen molar-refractivity contribution in [3.05, 3.63) is 43.0 Å². The van der Waals surface area contributed by atoms with Gasteiger partial charge in [0.25, 0.3) is 0 Å². The fourth-order valence-electron chi connectivity index (χ4n) is 1.05. The SMILES string of the molecule is C=CCC(C)C(=O)Oc1ccccc1. The molecule has 0 aliphatic carbocycles. The van der Waals surface area contributed by atoms with Gasteiger partial charge in [-0.25, -0.2) is 0 Å². The lowest BCUT2D eigenvalue weighted by molar-refractivity contribution is -0.138. The number of hydrogen-bond acceptors (Lipinski definition) is 2. The Balaban J connectivity index is 2.53. The molecule has 0 saturated heterocycles.